The fourth-order valence-corrected chi connectivity index (χ4v) is 5.63. The van der Waals surface area contributed by atoms with Crippen LogP contribution < -0.4 is 5.32 Å². The Balaban J connectivity index is 1.22. The van der Waals surface area contributed by atoms with Gasteiger partial charge in [0, 0.05) is 32.2 Å². The Hall–Kier alpha value is -2.66. The van der Waals surface area contributed by atoms with Crippen molar-refractivity contribution in [3.63, 3.8) is 0 Å². The first-order valence-corrected chi connectivity index (χ1v) is 11.6. The number of amides is 2. The summed E-state index contributed by atoms with van der Waals surface area (Å²) < 4.78 is 0. The highest BCUT2D eigenvalue weighted by Gasteiger charge is 2.39. The second-order valence-corrected chi connectivity index (χ2v) is 9.15. The second kappa shape index (κ2) is 8.83. The lowest BCUT2D eigenvalue weighted by molar-refractivity contribution is -0.140. The summed E-state index contributed by atoms with van der Waals surface area (Å²) in [5.74, 6) is 0.653. The average molecular weight is 418 g/mol. The number of piperidine rings is 1. The molecule has 1 atom stereocenters. The lowest BCUT2D eigenvalue weighted by atomic mass is 9.89. The third kappa shape index (κ3) is 4.24. The smallest absolute Gasteiger partial charge is 0.237 e. The Morgan fingerprint density at radius 3 is 2.23 bits per heavy atom. The van der Waals surface area contributed by atoms with E-state index in [4.69, 9.17) is 0 Å². The van der Waals surface area contributed by atoms with Crippen LogP contribution in [0, 0.1) is 0 Å². The number of rotatable bonds is 4. The highest BCUT2D eigenvalue weighted by molar-refractivity contribution is 5.89. The lowest BCUT2D eigenvalue weighted by Crippen LogP contribution is -2.60. The number of carbonyl (C=O) groups excluding carboxylic acids is 2. The molecule has 2 heterocycles. The van der Waals surface area contributed by atoms with Crippen LogP contribution in [0.3, 0.4) is 0 Å². The zero-order valence-corrected chi connectivity index (χ0v) is 18.0. The van der Waals surface area contributed by atoms with Gasteiger partial charge in [-0.1, -0.05) is 54.6 Å². The number of likely N-dealkylation sites (tertiary alicyclic amines) is 1. The van der Waals surface area contributed by atoms with Crippen LogP contribution in [0.4, 0.5) is 0 Å². The van der Waals surface area contributed by atoms with E-state index in [1.807, 2.05) is 11.0 Å². The third-order valence-corrected chi connectivity index (χ3v) is 7.36. The molecule has 3 aliphatic rings. The summed E-state index contributed by atoms with van der Waals surface area (Å²) >= 11 is 0. The fourth-order valence-electron chi connectivity index (χ4n) is 5.63. The van der Waals surface area contributed by atoms with Gasteiger partial charge >= 0.3 is 0 Å². The van der Waals surface area contributed by atoms with Crippen LogP contribution in [0.15, 0.2) is 54.6 Å². The Morgan fingerprint density at radius 2 is 1.55 bits per heavy atom. The molecule has 1 N–H and O–H groups in total. The van der Waals surface area contributed by atoms with E-state index in [2.05, 4.69) is 58.7 Å². The van der Waals surface area contributed by atoms with E-state index in [1.165, 1.54) is 16.7 Å². The molecule has 5 nitrogen and oxygen atoms in total. The third-order valence-electron chi connectivity index (χ3n) is 7.36. The molecule has 2 amide bonds. The minimum atomic E-state index is -0.354. The van der Waals surface area contributed by atoms with Crippen molar-refractivity contribution in [2.75, 3.05) is 26.2 Å². The van der Waals surface area contributed by atoms with E-state index >= 15 is 0 Å². The summed E-state index contributed by atoms with van der Waals surface area (Å²) in [6.45, 7) is 3.04. The summed E-state index contributed by atoms with van der Waals surface area (Å²) in [6, 6.07) is 19.1. The molecule has 0 bridgehead atoms. The van der Waals surface area contributed by atoms with Crippen LogP contribution in [-0.4, -0.2) is 59.9 Å². The molecule has 2 aromatic rings. The first kappa shape index (κ1) is 20.3. The molecular weight excluding hydrogens is 386 g/mol. The molecule has 2 aliphatic heterocycles. The van der Waals surface area contributed by atoms with Gasteiger partial charge in [-0.25, -0.2) is 0 Å². The summed E-state index contributed by atoms with van der Waals surface area (Å²) in [6.07, 6.45) is 4.21. The molecule has 2 aromatic carbocycles. The van der Waals surface area contributed by atoms with Gasteiger partial charge in [0.1, 0.15) is 0 Å². The van der Waals surface area contributed by atoms with Gasteiger partial charge in [0.15, 0.2) is 0 Å². The average Bonchev–Trinajstić information content (AvgIpc) is 3.25. The molecule has 5 rings (SSSR count). The van der Waals surface area contributed by atoms with Gasteiger partial charge in [-0.2, -0.15) is 0 Å². The number of benzene rings is 2. The van der Waals surface area contributed by atoms with Crippen LogP contribution in [0.2, 0.25) is 0 Å². The number of fused-ring (bicyclic) bond motifs is 1. The van der Waals surface area contributed by atoms with Gasteiger partial charge in [-0.05, 0) is 48.3 Å². The van der Waals surface area contributed by atoms with Gasteiger partial charge < -0.3 is 10.2 Å². The number of carbonyl (C=O) groups is 2. The van der Waals surface area contributed by atoms with Crippen LogP contribution in [-0.2, 0) is 22.4 Å². The van der Waals surface area contributed by atoms with Crippen molar-refractivity contribution < 1.29 is 9.59 Å². The molecule has 5 heteroatoms. The van der Waals surface area contributed by atoms with Crippen molar-refractivity contribution in [1.29, 1.82) is 0 Å². The maximum Gasteiger partial charge on any atom is 0.237 e. The van der Waals surface area contributed by atoms with E-state index in [0.717, 1.165) is 45.3 Å². The number of hydrogen-bond acceptors (Lipinski definition) is 3. The van der Waals surface area contributed by atoms with E-state index in [9.17, 15) is 9.59 Å². The monoisotopic (exact) mass is 417 g/mol. The van der Waals surface area contributed by atoms with Crippen molar-refractivity contribution >= 4 is 11.8 Å². The standard InChI is InChI=1S/C26H31N3O2/c30-25(28-13-10-20(11-14-28)19-6-2-1-3-7-19)18-24-26(31)27-12-15-29(24)23-16-21-8-4-5-9-22(21)17-23/h1-9,20,23-24H,10-18H2,(H,27,31)/t24-/m0/s1. The summed E-state index contributed by atoms with van der Waals surface area (Å²) in [7, 11) is 0. The predicted molar refractivity (Wildman–Crippen MR) is 121 cm³/mol. The molecule has 0 aromatic heterocycles. The number of nitrogens with zero attached hydrogens (tertiary/aromatic N) is 2. The SMILES string of the molecule is O=C1NCCN(C2Cc3ccccc3C2)[C@H]1CC(=O)N1CCC(c2ccccc2)CC1. The zero-order chi connectivity index (χ0) is 21.2. The highest BCUT2D eigenvalue weighted by Crippen LogP contribution is 2.30. The zero-order valence-electron chi connectivity index (χ0n) is 18.0. The maximum atomic E-state index is 13.2. The molecule has 0 unspecified atom stereocenters. The molecule has 2 fully saturated rings. The predicted octanol–water partition coefficient (Wildman–Crippen LogP) is 2.75. The van der Waals surface area contributed by atoms with Crippen LogP contribution in [0.1, 0.15) is 41.9 Å². The van der Waals surface area contributed by atoms with E-state index in [1.54, 1.807) is 0 Å². The van der Waals surface area contributed by atoms with E-state index in [0.29, 0.717) is 18.5 Å². The highest BCUT2D eigenvalue weighted by atomic mass is 16.2. The van der Waals surface area contributed by atoms with E-state index in [-0.39, 0.29) is 24.3 Å². The van der Waals surface area contributed by atoms with Crippen molar-refractivity contribution in [1.82, 2.24) is 15.1 Å². The number of piperazine rings is 1. The molecule has 0 saturated carbocycles. The molecular formula is C26H31N3O2. The summed E-state index contributed by atoms with van der Waals surface area (Å²) in [5.41, 5.74) is 4.13. The Labute approximate surface area is 184 Å². The summed E-state index contributed by atoms with van der Waals surface area (Å²) in [4.78, 5) is 30.2. The van der Waals surface area contributed by atoms with Gasteiger partial charge in [0.05, 0.1) is 12.5 Å². The lowest BCUT2D eigenvalue weighted by Gasteiger charge is -2.40. The van der Waals surface area contributed by atoms with Gasteiger partial charge in [-0.3, -0.25) is 14.5 Å². The first-order valence-electron chi connectivity index (χ1n) is 11.6. The topological polar surface area (TPSA) is 52.7 Å². The normalized spacial score (nSPS) is 22.9. The van der Waals surface area contributed by atoms with Crippen molar-refractivity contribution in [3.05, 3.63) is 71.3 Å². The maximum absolute atomic E-state index is 13.2. The largest absolute Gasteiger partial charge is 0.353 e. The molecule has 31 heavy (non-hydrogen) atoms. The quantitative estimate of drug-likeness (QED) is 0.832. The van der Waals surface area contributed by atoms with Crippen molar-refractivity contribution in [2.45, 2.75) is 50.1 Å². The number of hydrogen-bond donors (Lipinski definition) is 1. The van der Waals surface area contributed by atoms with E-state index < -0.39 is 0 Å². The van der Waals surface area contributed by atoms with Crippen LogP contribution in [0.25, 0.3) is 0 Å². The minimum Gasteiger partial charge on any atom is -0.353 e. The molecule has 162 valence electrons. The fraction of sp³-hybridized carbons (Fsp3) is 0.462. The molecule has 2 saturated heterocycles. The summed E-state index contributed by atoms with van der Waals surface area (Å²) in [5, 5.41) is 2.99. The second-order valence-electron chi connectivity index (χ2n) is 9.15. The molecule has 0 radical (unpaired) electrons. The Morgan fingerprint density at radius 1 is 0.903 bits per heavy atom. The van der Waals surface area contributed by atoms with Crippen LogP contribution in [0.5, 0.6) is 0 Å². The Bertz CT molecular complexity index is 912. The van der Waals surface area contributed by atoms with Crippen molar-refractivity contribution in [3.8, 4) is 0 Å². The minimum absolute atomic E-state index is 0.00901. The Kier molecular flexibility index (Phi) is 5.77. The number of nitrogens with one attached hydrogen (secondary N) is 1. The van der Waals surface area contributed by atoms with Gasteiger partial charge in [0.2, 0.25) is 11.8 Å². The van der Waals surface area contributed by atoms with Crippen LogP contribution >= 0.6 is 0 Å². The van der Waals surface area contributed by atoms with Gasteiger partial charge in [0.25, 0.3) is 0 Å². The van der Waals surface area contributed by atoms with Gasteiger partial charge in [-0.15, -0.1) is 0 Å². The molecule has 0 spiro atoms. The van der Waals surface area contributed by atoms with Crippen molar-refractivity contribution in [2.24, 2.45) is 0 Å². The molecule has 1 aliphatic carbocycles. The first-order chi connectivity index (χ1) is 15.2.